The molecule has 1 amide bonds. The third-order valence-electron chi connectivity index (χ3n) is 4.82. The van der Waals surface area contributed by atoms with E-state index in [1.54, 1.807) is 4.52 Å². The van der Waals surface area contributed by atoms with E-state index in [0.29, 0.717) is 11.9 Å². The minimum atomic E-state index is 0.00653. The summed E-state index contributed by atoms with van der Waals surface area (Å²) in [5.74, 6) is 1.67. The molecule has 1 atom stereocenters. The summed E-state index contributed by atoms with van der Waals surface area (Å²) in [5, 5.41) is 12.1. The fourth-order valence-corrected chi connectivity index (χ4v) is 4.11. The van der Waals surface area contributed by atoms with Crippen LogP contribution in [-0.2, 0) is 4.79 Å². The van der Waals surface area contributed by atoms with Gasteiger partial charge in [-0.1, -0.05) is 6.58 Å². The third kappa shape index (κ3) is 3.99. The van der Waals surface area contributed by atoms with Crippen LogP contribution in [-0.4, -0.2) is 49.4 Å². The second kappa shape index (κ2) is 7.97. The van der Waals surface area contributed by atoms with E-state index in [1.807, 2.05) is 36.2 Å². The van der Waals surface area contributed by atoms with Gasteiger partial charge in [0, 0.05) is 25.8 Å². The minimum Gasteiger partial charge on any atom is -0.368 e. The van der Waals surface area contributed by atoms with E-state index < -0.39 is 0 Å². The van der Waals surface area contributed by atoms with Gasteiger partial charge in [0.25, 0.3) is 0 Å². The Morgan fingerprint density at radius 3 is 3.18 bits per heavy atom. The van der Waals surface area contributed by atoms with Crippen molar-refractivity contribution in [2.75, 3.05) is 30.3 Å². The lowest BCUT2D eigenvalue weighted by Gasteiger charge is -2.32. The first-order valence-corrected chi connectivity index (χ1v) is 10.1. The number of anilines is 3. The largest absolute Gasteiger partial charge is 0.368 e. The average molecular weight is 398 g/mol. The SMILES string of the molecule is C=CC(=O)N1CCCC(CNc2nc(Nc3cc(C)ns3)nn3cccc23)C1. The molecule has 1 fully saturated rings. The van der Waals surface area contributed by atoms with Crippen LogP contribution in [0.5, 0.6) is 0 Å². The molecule has 0 aromatic carbocycles. The molecule has 2 N–H and O–H groups in total. The molecule has 0 radical (unpaired) electrons. The van der Waals surface area contributed by atoms with Crippen LogP contribution in [0.4, 0.5) is 16.8 Å². The highest BCUT2D eigenvalue weighted by atomic mass is 32.1. The molecule has 28 heavy (non-hydrogen) atoms. The molecular weight excluding hydrogens is 374 g/mol. The zero-order valence-corrected chi connectivity index (χ0v) is 16.6. The highest BCUT2D eigenvalue weighted by Gasteiger charge is 2.22. The Morgan fingerprint density at radius 1 is 1.50 bits per heavy atom. The predicted octanol–water partition coefficient (Wildman–Crippen LogP) is 3.07. The molecule has 3 aromatic rings. The molecule has 9 heteroatoms. The second-order valence-electron chi connectivity index (χ2n) is 6.96. The van der Waals surface area contributed by atoms with Gasteiger partial charge >= 0.3 is 0 Å². The van der Waals surface area contributed by atoms with Gasteiger partial charge in [0.2, 0.25) is 11.9 Å². The van der Waals surface area contributed by atoms with Gasteiger partial charge in [-0.15, -0.1) is 5.10 Å². The summed E-state index contributed by atoms with van der Waals surface area (Å²) in [4.78, 5) is 18.4. The first kappa shape index (κ1) is 18.4. The van der Waals surface area contributed by atoms with E-state index in [2.05, 4.69) is 31.7 Å². The van der Waals surface area contributed by atoms with Gasteiger partial charge in [-0.25, -0.2) is 4.52 Å². The first-order chi connectivity index (χ1) is 13.6. The normalized spacial score (nSPS) is 16.9. The van der Waals surface area contributed by atoms with Gasteiger partial charge in [-0.2, -0.15) is 9.36 Å². The van der Waals surface area contributed by atoms with Gasteiger partial charge in [0.1, 0.15) is 10.5 Å². The fraction of sp³-hybridized carbons (Fsp3) is 0.368. The monoisotopic (exact) mass is 397 g/mol. The molecule has 3 aromatic heterocycles. The van der Waals surface area contributed by atoms with Gasteiger partial charge in [-0.05, 0) is 61.5 Å². The number of nitrogens with zero attached hydrogens (tertiary/aromatic N) is 5. The Morgan fingerprint density at radius 2 is 2.39 bits per heavy atom. The van der Waals surface area contributed by atoms with Gasteiger partial charge in [-0.3, -0.25) is 4.79 Å². The van der Waals surface area contributed by atoms with Crippen molar-refractivity contribution in [3.63, 3.8) is 0 Å². The van der Waals surface area contributed by atoms with Gasteiger partial charge < -0.3 is 15.5 Å². The molecule has 0 saturated carbocycles. The van der Waals surface area contributed by atoms with Crippen molar-refractivity contribution in [2.45, 2.75) is 19.8 Å². The van der Waals surface area contributed by atoms with Crippen LogP contribution < -0.4 is 10.6 Å². The van der Waals surface area contributed by atoms with E-state index >= 15 is 0 Å². The van der Waals surface area contributed by atoms with Gasteiger partial charge in [0.15, 0.2) is 5.82 Å². The standard InChI is InChI=1S/C19H23N7OS/c1-3-17(27)25-8-4-6-14(12-25)11-20-18-15-7-5-9-26(15)23-19(22-18)21-16-10-13(2)24-28-16/h3,5,7,9-10,14H,1,4,6,8,11-12H2,2H3,(H2,20,21,22,23). The smallest absolute Gasteiger partial charge is 0.248 e. The van der Waals surface area contributed by atoms with Crippen LogP contribution in [0.1, 0.15) is 18.5 Å². The number of piperidine rings is 1. The van der Waals surface area contributed by atoms with Gasteiger partial charge in [0.05, 0.1) is 5.69 Å². The summed E-state index contributed by atoms with van der Waals surface area (Å²) in [6.07, 6.45) is 5.38. The average Bonchev–Trinajstić information content (AvgIpc) is 3.34. The predicted molar refractivity (Wildman–Crippen MR) is 111 cm³/mol. The molecule has 1 aliphatic rings. The molecule has 1 saturated heterocycles. The Kier molecular flexibility index (Phi) is 5.25. The number of rotatable bonds is 6. The van der Waals surface area contributed by atoms with Crippen LogP contribution in [0, 0.1) is 12.8 Å². The van der Waals surface area contributed by atoms with Crippen LogP contribution in [0.2, 0.25) is 0 Å². The zero-order chi connectivity index (χ0) is 19.5. The fourth-order valence-electron chi connectivity index (χ4n) is 3.45. The lowest BCUT2D eigenvalue weighted by molar-refractivity contribution is -0.127. The van der Waals surface area contributed by atoms with Crippen molar-refractivity contribution in [1.82, 2.24) is 23.9 Å². The summed E-state index contributed by atoms with van der Waals surface area (Å²) in [6, 6.07) is 5.90. The number of amides is 1. The van der Waals surface area contributed by atoms with E-state index in [0.717, 1.165) is 54.5 Å². The molecule has 4 rings (SSSR count). The number of hydrogen-bond acceptors (Lipinski definition) is 7. The quantitative estimate of drug-likeness (QED) is 0.622. The van der Waals surface area contributed by atoms with E-state index in [-0.39, 0.29) is 5.91 Å². The van der Waals surface area contributed by atoms with Crippen LogP contribution >= 0.6 is 11.5 Å². The second-order valence-corrected chi connectivity index (χ2v) is 7.76. The third-order valence-corrected chi connectivity index (χ3v) is 5.61. The van der Waals surface area contributed by atoms with Crippen molar-refractivity contribution in [3.05, 3.63) is 42.7 Å². The topological polar surface area (TPSA) is 87.5 Å². The van der Waals surface area contributed by atoms with E-state index in [9.17, 15) is 4.79 Å². The van der Waals surface area contributed by atoms with Crippen LogP contribution in [0.25, 0.3) is 5.52 Å². The lowest BCUT2D eigenvalue weighted by Crippen LogP contribution is -2.41. The van der Waals surface area contributed by atoms with E-state index in [1.165, 1.54) is 17.6 Å². The zero-order valence-electron chi connectivity index (χ0n) is 15.8. The number of likely N-dealkylation sites (tertiary alicyclic amines) is 1. The number of nitrogens with one attached hydrogen (secondary N) is 2. The number of aromatic nitrogens is 4. The highest BCUT2D eigenvalue weighted by molar-refractivity contribution is 7.10. The maximum absolute atomic E-state index is 11.9. The summed E-state index contributed by atoms with van der Waals surface area (Å²) in [6.45, 7) is 7.84. The van der Waals surface area contributed by atoms with Crippen LogP contribution in [0.3, 0.4) is 0 Å². The Hall–Kier alpha value is -2.94. The Balaban J connectivity index is 1.49. The van der Waals surface area contributed by atoms with Crippen molar-refractivity contribution >= 4 is 39.7 Å². The maximum atomic E-state index is 11.9. The maximum Gasteiger partial charge on any atom is 0.248 e. The molecule has 0 aliphatic carbocycles. The first-order valence-electron chi connectivity index (χ1n) is 9.33. The number of carbonyl (C=O) groups is 1. The molecule has 0 spiro atoms. The van der Waals surface area contributed by atoms with E-state index in [4.69, 9.17) is 0 Å². The molecule has 1 aliphatic heterocycles. The summed E-state index contributed by atoms with van der Waals surface area (Å²) in [5.41, 5.74) is 1.88. The Labute approximate surface area is 167 Å². The highest BCUT2D eigenvalue weighted by Crippen LogP contribution is 2.23. The lowest BCUT2D eigenvalue weighted by atomic mass is 9.98. The molecule has 4 heterocycles. The number of fused-ring (bicyclic) bond motifs is 1. The number of aryl methyl sites for hydroxylation is 1. The molecule has 0 bridgehead atoms. The summed E-state index contributed by atoms with van der Waals surface area (Å²) >= 11 is 1.38. The summed E-state index contributed by atoms with van der Waals surface area (Å²) < 4.78 is 6.08. The van der Waals surface area contributed by atoms with Crippen LogP contribution in [0.15, 0.2) is 37.1 Å². The molecule has 8 nitrogen and oxygen atoms in total. The molecule has 1 unspecified atom stereocenters. The molecular formula is C19H23N7OS. The Bertz CT molecular complexity index is 995. The van der Waals surface area contributed by atoms with Crippen molar-refractivity contribution < 1.29 is 4.79 Å². The number of hydrogen-bond donors (Lipinski definition) is 2. The minimum absolute atomic E-state index is 0.00653. The van der Waals surface area contributed by atoms with Crippen molar-refractivity contribution in [2.24, 2.45) is 5.92 Å². The van der Waals surface area contributed by atoms with Crippen molar-refractivity contribution in [3.8, 4) is 0 Å². The summed E-state index contributed by atoms with van der Waals surface area (Å²) in [7, 11) is 0. The van der Waals surface area contributed by atoms with Crippen molar-refractivity contribution in [1.29, 1.82) is 0 Å². The number of carbonyl (C=O) groups excluding carboxylic acids is 1. The molecule has 146 valence electrons.